The van der Waals surface area contributed by atoms with Gasteiger partial charge in [-0.15, -0.1) is 35.7 Å². The summed E-state index contributed by atoms with van der Waals surface area (Å²) in [6.07, 6.45) is 5.71. The number of anilines is 1. The molecule has 1 fully saturated rings. The van der Waals surface area contributed by atoms with Gasteiger partial charge < -0.3 is 15.1 Å². The van der Waals surface area contributed by atoms with E-state index in [1.54, 1.807) is 24.2 Å². The van der Waals surface area contributed by atoms with Gasteiger partial charge in [-0.05, 0) is 30.0 Å². The largest absolute Gasteiger partial charge is 0.355 e. The van der Waals surface area contributed by atoms with Crippen LogP contribution in [-0.2, 0) is 6.54 Å². The Kier molecular flexibility index (Phi) is 10.7. The zero-order valence-electron chi connectivity index (χ0n) is 18.0. The first-order valence-electron chi connectivity index (χ1n) is 9.98. The number of aromatic nitrogens is 2. The molecular formula is C21H32IN7S. The Morgan fingerprint density at radius 1 is 1.13 bits per heavy atom. The van der Waals surface area contributed by atoms with Crippen molar-refractivity contribution in [1.29, 1.82) is 0 Å². The SMILES string of the molecule is CN=C(NCCN1CCN(c2ncccn2)CC1)N(C)Cc1ccc(SC)cc1.I. The summed E-state index contributed by atoms with van der Waals surface area (Å²) in [5, 5.41) is 3.49. The van der Waals surface area contributed by atoms with E-state index < -0.39 is 0 Å². The summed E-state index contributed by atoms with van der Waals surface area (Å²) >= 11 is 1.77. The highest BCUT2D eigenvalue weighted by molar-refractivity contribution is 14.0. The smallest absolute Gasteiger partial charge is 0.225 e. The van der Waals surface area contributed by atoms with Crippen LogP contribution >= 0.6 is 35.7 Å². The summed E-state index contributed by atoms with van der Waals surface area (Å²) in [7, 11) is 3.92. The van der Waals surface area contributed by atoms with Gasteiger partial charge in [-0.3, -0.25) is 9.89 Å². The number of nitrogens with one attached hydrogen (secondary N) is 1. The molecule has 3 rings (SSSR count). The number of halogens is 1. The Morgan fingerprint density at radius 3 is 2.40 bits per heavy atom. The van der Waals surface area contributed by atoms with Gasteiger partial charge in [-0.25, -0.2) is 9.97 Å². The third kappa shape index (κ3) is 7.28. The van der Waals surface area contributed by atoms with Crippen molar-refractivity contribution in [2.24, 2.45) is 4.99 Å². The van der Waals surface area contributed by atoms with E-state index in [-0.39, 0.29) is 24.0 Å². The van der Waals surface area contributed by atoms with Gasteiger partial charge in [-0.2, -0.15) is 0 Å². The average Bonchev–Trinajstić information content (AvgIpc) is 2.78. The summed E-state index contributed by atoms with van der Waals surface area (Å²) in [6, 6.07) is 10.6. The Bertz CT molecular complexity index is 765. The number of piperazine rings is 1. The van der Waals surface area contributed by atoms with E-state index in [9.17, 15) is 0 Å². The van der Waals surface area contributed by atoms with E-state index in [2.05, 4.69) is 72.5 Å². The molecule has 1 saturated heterocycles. The monoisotopic (exact) mass is 541 g/mol. The predicted molar refractivity (Wildman–Crippen MR) is 137 cm³/mol. The van der Waals surface area contributed by atoms with Gasteiger partial charge in [0, 0.05) is 77.2 Å². The van der Waals surface area contributed by atoms with Crippen molar-refractivity contribution in [3.05, 3.63) is 48.3 Å². The first-order chi connectivity index (χ1) is 14.2. The minimum Gasteiger partial charge on any atom is -0.355 e. The molecule has 7 nitrogen and oxygen atoms in total. The summed E-state index contributed by atoms with van der Waals surface area (Å²) < 4.78 is 0. The van der Waals surface area contributed by atoms with Crippen molar-refractivity contribution in [3.63, 3.8) is 0 Å². The van der Waals surface area contributed by atoms with Crippen LogP contribution in [0.3, 0.4) is 0 Å². The Hall–Kier alpha value is -1.59. The molecule has 9 heteroatoms. The topological polar surface area (TPSA) is 59.9 Å². The molecule has 0 spiro atoms. The maximum atomic E-state index is 4.44. The Balaban J connectivity index is 0.00000320. The van der Waals surface area contributed by atoms with E-state index in [0.717, 1.165) is 57.7 Å². The van der Waals surface area contributed by atoms with Gasteiger partial charge in [0.25, 0.3) is 0 Å². The number of aliphatic imine (C=N–C) groups is 1. The Morgan fingerprint density at radius 2 is 1.80 bits per heavy atom. The molecule has 2 heterocycles. The molecule has 0 unspecified atom stereocenters. The lowest BCUT2D eigenvalue weighted by atomic mass is 10.2. The van der Waals surface area contributed by atoms with Crippen molar-refractivity contribution < 1.29 is 0 Å². The van der Waals surface area contributed by atoms with Crippen LogP contribution in [0.15, 0.2) is 52.6 Å². The number of hydrogen-bond donors (Lipinski definition) is 1. The van der Waals surface area contributed by atoms with Crippen molar-refractivity contribution in [2.45, 2.75) is 11.4 Å². The lowest BCUT2D eigenvalue weighted by molar-refractivity contribution is 0.259. The lowest BCUT2D eigenvalue weighted by Gasteiger charge is -2.34. The molecule has 1 aromatic heterocycles. The number of guanidine groups is 1. The summed E-state index contributed by atoms with van der Waals surface area (Å²) in [5.41, 5.74) is 1.28. The van der Waals surface area contributed by atoms with E-state index in [1.165, 1.54) is 10.5 Å². The molecule has 0 atom stereocenters. The third-order valence-corrected chi connectivity index (χ3v) is 5.81. The second-order valence-electron chi connectivity index (χ2n) is 7.06. The summed E-state index contributed by atoms with van der Waals surface area (Å²) in [5.74, 6) is 1.76. The van der Waals surface area contributed by atoms with E-state index in [0.29, 0.717) is 0 Å². The summed E-state index contributed by atoms with van der Waals surface area (Å²) in [4.78, 5) is 21.3. The van der Waals surface area contributed by atoms with Crippen LogP contribution in [0.5, 0.6) is 0 Å². The van der Waals surface area contributed by atoms with Crippen molar-refractivity contribution >= 4 is 47.6 Å². The Labute approximate surface area is 201 Å². The second kappa shape index (κ2) is 13.0. The minimum atomic E-state index is 0. The van der Waals surface area contributed by atoms with Gasteiger partial charge in [0.15, 0.2) is 5.96 Å². The maximum absolute atomic E-state index is 4.44. The zero-order chi connectivity index (χ0) is 20.5. The molecule has 0 amide bonds. The van der Waals surface area contributed by atoms with Crippen LogP contribution in [0.1, 0.15) is 5.56 Å². The van der Waals surface area contributed by atoms with E-state index in [1.807, 2.05) is 13.1 Å². The molecule has 1 aliphatic rings. The fraction of sp³-hybridized carbons (Fsp3) is 0.476. The quantitative estimate of drug-likeness (QED) is 0.250. The molecule has 0 saturated carbocycles. The first kappa shape index (κ1) is 24.7. The van der Waals surface area contributed by atoms with Gasteiger partial charge >= 0.3 is 0 Å². The van der Waals surface area contributed by atoms with Crippen LogP contribution in [0, 0.1) is 0 Å². The fourth-order valence-electron chi connectivity index (χ4n) is 3.42. The molecule has 1 N–H and O–H groups in total. The number of thioether (sulfide) groups is 1. The molecule has 0 bridgehead atoms. The van der Waals surface area contributed by atoms with Crippen molar-refractivity contribution in [1.82, 2.24) is 25.1 Å². The van der Waals surface area contributed by atoms with Crippen LogP contribution in [0.4, 0.5) is 5.95 Å². The highest BCUT2D eigenvalue weighted by Crippen LogP contribution is 2.15. The first-order valence-corrected chi connectivity index (χ1v) is 11.2. The molecule has 30 heavy (non-hydrogen) atoms. The molecule has 2 aromatic rings. The van der Waals surface area contributed by atoms with Crippen LogP contribution < -0.4 is 10.2 Å². The van der Waals surface area contributed by atoms with Crippen LogP contribution in [0.2, 0.25) is 0 Å². The zero-order valence-corrected chi connectivity index (χ0v) is 21.1. The summed E-state index contributed by atoms with van der Waals surface area (Å²) in [6.45, 7) is 6.69. The third-order valence-electron chi connectivity index (χ3n) is 5.07. The highest BCUT2D eigenvalue weighted by Gasteiger charge is 2.18. The normalized spacial score (nSPS) is 14.9. The number of rotatable bonds is 7. The molecule has 1 aromatic carbocycles. The van der Waals surface area contributed by atoms with Crippen LogP contribution in [0.25, 0.3) is 0 Å². The number of hydrogen-bond acceptors (Lipinski definition) is 6. The van der Waals surface area contributed by atoms with Gasteiger partial charge in [-0.1, -0.05) is 12.1 Å². The molecular weight excluding hydrogens is 509 g/mol. The minimum absolute atomic E-state index is 0. The maximum Gasteiger partial charge on any atom is 0.225 e. The van der Waals surface area contributed by atoms with Gasteiger partial charge in [0.05, 0.1) is 0 Å². The lowest BCUT2D eigenvalue weighted by Crippen LogP contribution is -2.49. The van der Waals surface area contributed by atoms with Gasteiger partial charge in [0.2, 0.25) is 5.95 Å². The van der Waals surface area contributed by atoms with Crippen molar-refractivity contribution in [2.75, 3.05) is 64.5 Å². The van der Waals surface area contributed by atoms with E-state index in [4.69, 9.17) is 0 Å². The average molecular weight is 542 g/mol. The second-order valence-corrected chi connectivity index (χ2v) is 7.94. The molecule has 0 aliphatic carbocycles. The van der Waals surface area contributed by atoms with Crippen LogP contribution in [-0.4, -0.2) is 85.3 Å². The molecule has 0 radical (unpaired) electrons. The number of benzene rings is 1. The number of nitrogens with zero attached hydrogens (tertiary/aromatic N) is 6. The van der Waals surface area contributed by atoms with Crippen molar-refractivity contribution in [3.8, 4) is 0 Å². The van der Waals surface area contributed by atoms with Gasteiger partial charge in [0.1, 0.15) is 0 Å². The predicted octanol–water partition coefficient (Wildman–Crippen LogP) is 2.65. The highest BCUT2D eigenvalue weighted by atomic mass is 127. The fourth-order valence-corrected chi connectivity index (χ4v) is 3.82. The molecule has 1 aliphatic heterocycles. The standard InChI is InChI=1S/C21H31N7S.HI/c1-22-20(26(2)17-18-5-7-19(29-3)8-6-18)25-11-12-27-13-15-28(16-14-27)21-23-9-4-10-24-21;/h4-10H,11-17H2,1-3H3,(H,22,25);1H. The molecule has 164 valence electrons. The van der Waals surface area contributed by atoms with E-state index >= 15 is 0 Å².